The number of benzene rings is 1. The van der Waals surface area contributed by atoms with Crippen LogP contribution in [0.5, 0.6) is 0 Å². The van der Waals surface area contributed by atoms with Gasteiger partial charge < -0.3 is 5.11 Å². The summed E-state index contributed by atoms with van der Waals surface area (Å²) in [5.41, 5.74) is 1.93. The molecule has 72 valence electrons. The summed E-state index contributed by atoms with van der Waals surface area (Å²) in [4.78, 5) is 20.9. The summed E-state index contributed by atoms with van der Waals surface area (Å²) in [6.45, 7) is 1.95. The fraction of sp³-hybridized carbons (Fsp3) is 0.0909. The van der Waals surface area contributed by atoms with Gasteiger partial charge in [0.1, 0.15) is 0 Å². The minimum Gasteiger partial charge on any atom is -0.475 e. The van der Waals surface area contributed by atoms with E-state index in [9.17, 15) is 9.59 Å². The number of aliphatic carboxylic acids is 1. The highest BCUT2D eigenvalue weighted by atomic mass is 16.4. The maximum absolute atomic E-state index is 10.7. The Balaban J connectivity index is 2.74. The first kappa shape index (κ1) is 10.2. The van der Waals surface area contributed by atoms with Crippen molar-refractivity contribution >= 4 is 17.8 Å². The van der Waals surface area contributed by atoms with E-state index in [1.807, 2.05) is 31.2 Å². The molecule has 3 nitrogen and oxygen atoms in total. The zero-order chi connectivity index (χ0) is 10.6. The van der Waals surface area contributed by atoms with Gasteiger partial charge in [-0.2, -0.15) is 0 Å². The molecule has 0 heterocycles. The summed E-state index contributed by atoms with van der Waals surface area (Å²) in [6, 6.07) is 7.43. The molecule has 1 aromatic rings. The standard InChI is InChI=1S/C11H10O3/c1-8-2-4-9(5-3-8)6-7-10(12)11(13)14/h2-7H,1H3,(H,13,14)/b7-6+. The van der Waals surface area contributed by atoms with Crippen LogP contribution in [0, 0.1) is 6.92 Å². The van der Waals surface area contributed by atoms with Crippen LogP contribution in [-0.2, 0) is 9.59 Å². The van der Waals surface area contributed by atoms with Crippen LogP contribution < -0.4 is 0 Å². The number of hydrogen-bond donors (Lipinski definition) is 1. The number of carboxylic acid groups (broad SMARTS) is 1. The number of ketones is 1. The molecule has 0 aliphatic rings. The Labute approximate surface area is 81.7 Å². The van der Waals surface area contributed by atoms with E-state index >= 15 is 0 Å². The Morgan fingerprint density at radius 1 is 1.21 bits per heavy atom. The third kappa shape index (κ3) is 2.86. The van der Waals surface area contributed by atoms with E-state index in [4.69, 9.17) is 5.11 Å². The molecule has 1 N–H and O–H groups in total. The highest BCUT2D eigenvalue weighted by Crippen LogP contribution is 2.04. The molecule has 14 heavy (non-hydrogen) atoms. The molecule has 0 aromatic heterocycles. The summed E-state index contributed by atoms with van der Waals surface area (Å²) in [6.07, 6.45) is 2.53. The quantitative estimate of drug-likeness (QED) is 0.582. The van der Waals surface area contributed by atoms with E-state index in [2.05, 4.69) is 0 Å². The van der Waals surface area contributed by atoms with E-state index < -0.39 is 11.8 Å². The molecule has 0 spiro atoms. The summed E-state index contributed by atoms with van der Waals surface area (Å²) >= 11 is 0. The Kier molecular flexibility index (Phi) is 3.18. The van der Waals surface area contributed by atoms with Crippen molar-refractivity contribution < 1.29 is 14.7 Å². The molecule has 0 fully saturated rings. The van der Waals surface area contributed by atoms with Crippen molar-refractivity contribution in [2.75, 3.05) is 0 Å². The second-order valence-electron chi connectivity index (χ2n) is 2.91. The van der Waals surface area contributed by atoms with Gasteiger partial charge in [-0.05, 0) is 18.6 Å². The first-order valence-corrected chi connectivity index (χ1v) is 4.11. The first-order chi connectivity index (χ1) is 6.59. The summed E-state index contributed by atoms with van der Waals surface area (Å²) in [5, 5.41) is 8.30. The minimum absolute atomic E-state index is 0.810. The lowest BCUT2D eigenvalue weighted by atomic mass is 10.1. The van der Waals surface area contributed by atoms with Gasteiger partial charge in [-0.3, -0.25) is 4.79 Å². The molecule has 0 amide bonds. The van der Waals surface area contributed by atoms with Gasteiger partial charge in [-0.1, -0.05) is 35.9 Å². The van der Waals surface area contributed by atoms with Gasteiger partial charge in [-0.15, -0.1) is 0 Å². The Morgan fingerprint density at radius 2 is 1.79 bits per heavy atom. The van der Waals surface area contributed by atoms with Crippen LogP contribution in [0.25, 0.3) is 6.08 Å². The molecule has 0 bridgehead atoms. The molecular weight excluding hydrogens is 180 g/mol. The second-order valence-corrected chi connectivity index (χ2v) is 2.91. The largest absolute Gasteiger partial charge is 0.475 e. The monoisotopic (exact) mass is 190 g/mol. The third-order valence-corrected chi connectivity index (χ3v) is 1.72. The highest BCUT2D eigenvalue weighted by molar-refractivity contribution is 6.38. The van der Waals surface area contributed by atoms with Gasteiger partial charge >= 0.3 is 5.97 Å². The van der Waals surface area contributed by atoms with Crippen LogP contribution in [0.15, 0.2) is 30.3 Å². The summed E-state index contributed by atoms with van der Waals surface area (Å²) < 4.78 is 0. The van der Waals surface area contributed by atoms with Crippen LogP contribution in [0.4, 0.5) is 0 Å². The van der Waals surface area contributed by atoms with Gasteiger partial charge in [0.25, 0.3) is 5.78 Å². The molecule has 0 aliphatic heterocycles. The predicted octanol–water partition coefficient (Wildman–Crippen LogP) is 1.66. The van der Waals surface area contributed by atoms with Gasteiger partial charge in [-0.25, -0.2) is 4.79 Å². The van der Waals surface area contributed by atoms with Gasteiger partial charge in [0.05, 0.1) is 0 Å². The number of rotatable bonds is 3. The fourth-order valence-electron chi connectivity index (χ4n) is 0.921. The van der Waals surface area contributed by atoms with Crippen LogP contribution >= 0.6 is 0 Å². The molecular formula is C11H10O3. The van der Waals surface area contributed by atoms with Crippen molar-refractivity contribution in [2.24, 2.45) is 0 Å². The van der Waals surface area contributed by atoms with Gasteiger partial charge in [0, 0.05) is 0 Å². The smallest absolute Gasteiger partial charge is 0.376 e. The van der Waals surface area contributed by atoms with Crippen molar-refractivity contribution in [3.05, 3.63) is 41.5 Å². The van der Waals surface area contributed by atoms with Crippen LogP contribution in [0.2, 0.25) is 0 Å². The fourth-order valence-corrected chi connectivity index (χ4v) is 0.921. The number of hydrogen-bond acceptors (Lipinski definition) is 2. The van der Waals surface area contributed by atoms with Crippen molar-refractivity contribution in [1.29, 1.82) is 0 Å². The lowest BCUT2D eigenvalue weighted by Crippen LogP contribution is -2.08. The summed E-state index contributed by atoms with van der Waals surface area (Å²) in [7, 11) is 0. The van der Waals surface area contributed by atoms with E-state index in [1.54, 1.807) is 0 Å². The van der Waals surface area contributed by atoms with Gasteiger partial charge in [0.2, 0.25) is 0 Å². The minimum atomic E-state index is -1.44. The molecule has 3 heteroatoms. The highest BCUT2D eigenvalue weighted by Gasteiger charge is 2.04. The molecule has 0 aliphatic carbocycles. The number of carbonyl (C=O) groups is 2. The van der Waals surface area contributed by atoms with E-state index in [0.29, 0.717) is 0 Å². The summed E-state index contributed by atoms with van der Waals surface area (Å²) in [5.74, 6) is -2.35. The number of aryl methyl sites for hydroxylation is 1. The normalized spacial score (nSPS) is 10.4. The van der Waals surface area contributed by atoms with E-state index in [-0.39, 0.29) is 0 Å². The van der Waals surface area contributed by atoms with Crippen molar-refractivity contribution in [3.63, 3.8) is 0 Å². The molecule has 0 atom stereocenters. The molecule has 0 radical (unpaired) electrons. The number of carboxylic acids is 1. The van der Waals surface area contributed by atoms with Crippen LogP contribution in [0.1, 0.15) is 11.1 Å². The van der Waals surface area contributed by atoms with Crippen molar-refractivity contribution in [3.8, 4) is 0 Å². The molecule has 1 aromatic carbocycles. The maximum Gasteiger partial charge on any atom is 0.376 e. The molecule has 0 saturated carbocycles. The molecule has 1 rings (SSSR count). The Bertz CT molecular complexity index is 374. The second kappa shape index (κ2) is 4.37. The molecule has 0 unspecified atom stereocenters. The SMILES string of the molecule is Cc1ccc(/C=C/C(=O)C(=O)O)cc1. The van der Waals surface area contributed by atoms with Crippen molar-refractivity contribution in [1.82, 2.24) is 0 Å². The average molecular weight is 190 g/mol. The zero-order valence-corrected chi connectivity index (χ0v) is 7.73. The molecule has 0 saturated heterocycles. The van der Waals surface area contributed by atoms with E-state index in [0.717, 1.165) is 17.2 Å². The zero-order valence-electron chi connectivity index (χ0n) is 7.73. The topological polar surface area (TPSA) is 54.4 Å². The Morgan fingerprint density at radius 3 is 2.29 bits per heavy atom. The Hall–Kier alpha value is -1.90. The van der Waals surface area contributed by atoms with Crippen LogP contribution in [-0.4, -0.2) is 16.9 Å². The lowest BCUT2D eigenvalue weighted by molar-refractivity contribution is -0.146. The average Bonchev–Trinajstić information content (AvgIpc) is 2.16. The number of carbonyl (C=O) groups excluding carboxylic acids is 1. The van der Waals surface area contributed by atoms with Crippen molar-refractivity contribution in [2.45, 2.75) is 6.92 Å². The van der Waals surface area contributed by atoms with Gasteiger partial charge in [0.15, 0.2) is 0 Å². The first-order valence-electron chi connectivity index (χ1n) is 4.11. The van der Waals surface area contributed by atoms with E-state index in [1.165, 1.54) is 6.08 Å². The third-order valence-electron chi connectivity index (χ3n) is 1.72. The maximum atomic E-state index is 10.7. The lowest BCUT2D eigenvalue weighted by Gasteiger charge is -1.93. The van der Waals surface area contributed by atoms with Crippen LogP contribution in [0.3, 0.4) is 0 Å². The predicted molar refractivity (Wildman–Crippen MR) is 52.9 cm³/mol.